The minimum absolute atomic E-state index is 0.112. The normalized spacial score (nSPS) is 14.3. The fourth-order valence-electron chi connectivity index (χ4n) is 4.43. The number of carbonyl (C=O) groups is 1. The molecule has 0 fully saturated rings. The molecule has 0 aromatic heterocycles. The van der Waals surface area contributed by atoms with Gasteiger partial charge in [0.15, 0.2) is 0 Å². The lowest BCUT2D eigenvalue weighted by Crippen LogP contribution is -2.22. The fraction of sp³-hybridized carbons (Fsp3) is 0.296. The van der Waals surface area contributed by atoms with E-state index in [0.717, 1.165) is 47.0 Å². The molecule has 4 nitrogen and oxygen atoms in total. The lowest BCUT2D eigenvalue weighted by molar-refractivity contribution is 0.0599. The minimum atomic E-state index is -0.325. The van der Waals surface area contributed by atoms with E-state index in [1.807, 2.05) is 24.3 Å². The highest BCUT2D eigenvalue weighted by Gasteiger charge is 2.32. The Morgan fingerprint density at radius 2 is 1.58 bits per heavy atom. The van der Waals surface area contributed by atoms with Crippen LogP contribution in [-0.4, -0.2) is 26.2 Å². The van der Waals surface area contributed by atoms with E-state index in [1.165, 1.54) is 18.2 Å². The van der Waals surface area contributed by atoms with Crippen molar-refractivity contribution in [3.63, 3.8) is 0 Å². The van der Waals surface area contributed by atoms with Gasteiger partial charge in [0.2, 0.25) is 0 Å². The van der Waals surface area contributed by atoms with Crippen LogP contribution in [-0.2, 0) is 4.74 Å². The second kappa shape index (κ2) is 8.46. The molecule has 0 spiro atoms. The largest absolute Gasteiger partial charge is 0.465 e. The smallest absolute Gasteiger partial charge is 0.338 e. The molecule has 0 radical (unpaired) electrons. The molecule has 1 aliphatic rings. The monoisotopic (exact) mass is 415 g/mol. The summed E-state index contributed by atoms with van der Waals surface area (Å²) in [6.07, 6.45) is 0. The SMILES string of the molecule is CCN(CC)c1ccc2c(c1)Oc1cc(C)c(C)cc1C2c1ccccc1C(=O)OC. The molecule has 31 heavy (non-hydrogen) atoms. The van der Waals surface area contributed by atoms with E-state index in [2.05, 4.69) is 62.9 Å². The zero-order chi connectivity index (χ0) is 22.1. The van der Waals surface area contributed by atoms with Crippen molar-refractivity contribution in [3.8, 4) is 11.5 Å². The van der Waals surface area contributed by atoms with Crippen LogP contribution in [0.2, 0.25) is 0 Å². The molecule has 1 unspecified atom stereocenters. The zero-order valence-electron chi connectivity index (χ0n) is 18.9. The lowest BCUT2D eigenvalue weighted by atomic mass is 9.79. The molecule has 0 aliphatic carbocycles. The van der Waals surface area contributed by atoms with Crippen molar-refractivity contribution in [3.05, 3.63) is 88.0 Å². The molecule has 3 aromatic rings. The number of aryl methyl sites for hydroxylation is 2. The van der Waals surface area contributed by atoms with E-state index in [-0.39, 0.29) is 11.9 Å². The summed E-state index contributed by atoms with van der Waals surface area (Å²) in [4.78, 5) is 14.9. The Morgan fingerprint density at radius 3 is 2.29 bits per heavy atom. The maximum Gasteiger partial charge on any atom is 0.338 e. The van der Waals surface area contributed by atoms with Crippen molar-refractivity contribution in [1.82, 2.24) is 0 Å². The number of hydrogen-bond donors (Lipinski definition) is 0. The van der Waals surface area contributed by atoms with Crippen LogP contribution in [0, 0.1) is 13.8 Å². The Balaban J connectivity index is 1.96. The number of fused-ring (bicyclic) bond motifs is 2. The topological polar surface area (TPSA) is 38.8 Å². The number of esters is 1. The van der Waals surface area contributed by atoms with Crippen LogP contribution in [0.15, 0.2) is 54.6 Å². The number of benzene rings is 3. The molecule has 160 valence electrons. The molecule has 0 saturated carbocycles. The van der Waals surface area contributed by atoms with Gasteiger partial charge in [-0.1, -0.05) is 30.3 Å². The van der Waals surface area contributed by atoms with Gasteiger partial charge in [0, 0.05) is 41.9 Å². The van der Waals surface area contributed by atoms with Gasteiger partial charge < -0.3 is 14.4 Å². The first-order valence-corrected chi connectivity index (χ1v) is 10.8. The maximum atomic E-state index is 12.6. The highest BCUT2D eigenvalue weighted by Crippen LogP contribution is 2.49. The van der Waals surface area contributed by atoms with Gasteiger partial charge in [0.25, 0.3) is 0 Å². The number of ether oxygens (including phenoxy) is 2. The van der Waals surface area contributed by atoms with Crippen molar-refractivity contribution < 1.29 is 14.3 Å². The molecule has 1 heterocycles. The predicted molar refractivity (Wildman–Crippen MR) is 125 cm³/mol. The highest BCUT2D eigenvalue weighted by atomic mass is 16.5. The van der Waals surface area contributed by atoms with E-state index in [0.29, 0.717) is 5.56 Å². The van der Waals surface area contributed by atoms with Crippen LogP contribution in [0.25, 0.3) is 0 Å². The number of anilines is 1. The van der Waals surface area contributed by atoms with Crippen LogP contribution in [0.5, 0.6) is 11.5 Å². The molecule has 4 rings (SSSR count). The van der Waals surface area contributed by atoms with Gasteiger partial charge in [-0.25, -0.2) is 4.79 Å². The molecule has 3 aromatic carbocycles. The molecule has 1 atom stereocenters. The van der Waals surface area contributed by atoms with Crippen LogP contribution in [0.1, 0.15) is 57.9 Å². The Hall–Kier alpha value is -3.27. The van der Waals surface area contributed by atoms with Crippen LogP contribution < -0.4 is 9.64 Å². The molecule has 0 bridgehead atoms. The van der Waals surface area contributed by atoms with Gasteiger partial charge in [-0.3, -0.25) is 0 Å². The first kappa shape index (κ1) is 21.0. The summed E-state index contributed by atoms with van der Waals surface area (Å²) in [6.45, 7) is 10.4. The summed E-state index contributed by atoms with van der Waals surface area (Å²) in [5, 5.41) is 0. The van der Waals surface area contributed by atoms with E-state index >= 15 is 0 Å². The number of methoxy groups -OCH3 is 1. The maximum absolute atomic E-state index is 12.6. The van der Waals surface area contributed by atoms with Gasteiger partial charge in [-0.15, -0.1) is 0 Å². The van der Waals surface area contributed by atoms with Gasteiger partial charge in [-0.2, -0.15) is 0 Å². The molecular formula is C27H29NO3. The van der Waals surface area contributed by atoms with Crippen molar-refractivity contribution in [2.24, 2.45) is 0 Å². The van der Waals surface area contributed by atoms with Crippen molar-refractivity contribution in [2.75, 3.05) is 25.1 Å². The molecule has 1 aliphatic heterocycles. The lowest BCUT2D eigenvalue weighted by Gasteiger charge is -2.32. The number of carbonyl (C=O) groups excluding carboxylic acids is 1. The van der Waals surface area contributed by atoms with Gasteiger partial charge in [-0.05, 0) is 62.6 Å². The van der Waals surface area contributed by atoms with E-state index in [1.54, 1.807) is 0 Å². The average molecular weight is 416 g/mol. The third-order valence-electron chi connectivity index (χ3n) is 6.27. The average Bonchev–Trinajstić information content (AvgIpc) is 2.79. The first-order chi connectivity index (χ1) is 15.0. The third-order valence-corrected chi connectivity index (χ3v) is 6.27. The second-order valence-corrected chi connectivity index (χ2v) is 7.98. The summed E-state index contributed by atoms with van der Waals surface area (Å²) in [6, 6.07) is 18.4. The van der Waals surface area contributed by atoms with Crippen molar-refractivity contribution in [2.45, 2.75) is 33.6 Å². The minimum Gasteiger partial charge on any atom is -0.465 e. The third kappa shape index (κ3) is 3.67. The highest BCUT2D eigenvalue weighted by molar-refractivity contribution is 5.92. The van der Waals surface area contributed by atoms with Crippen molar-refractivity contribution in [1.29, 1.82) is 0 Å². The van der Waals surface area contributed by atoms with Gasteiger partial charge >= 0.3 is 5.97 Å². The van der Waals surface area contributed by atoms with Crippen LogP contribution >= 0.6 is 0 Å². The van der Waals surface area contributed by atoms with Crippen LogP contribution in [0.4, 0.5) is 5.69 Å². The molecular weight excluding hydrogens is 386 g/mol. The Morgan fingerprint density at radius 1 is 0.903 bits per heavy atom. The first-order valence-electron chi connectivity index (χ1n) is 10.8. The molecule has 0 amide bonds. The molecule has 0 saturated heterocycles. The molecule has 0 N–H and O–H groups in total. The Bertz CT molecular complexity index is 1130. The van der Waals surface area contributed by atoms with Gasteiger partial charge in [0.05, 0.1) is 12.7 Å². The second-order valence-electron chi connectivity index (χ2n) is 7.98. The summed E-state index contributed by atoms with van der Waals surface area (Å²) in [5.74, 6) is 1.25. The predicted octanol–water partition coefficient (Wildman–Crippen LogP) is 6.22. The quantitative estimate of drug-likeness (QED) is 0.363. The zero-order valence-corrected chi connectivity index (χ0v) is 18.9. The molecule has 4 heteroatoms. The van der Waals surface area contributed by atoms with Crippen molar-refractivity contribution >= 4 is 11.7 Å². The summed E-state index contributed by atoms with van der Waals surface area (Å²) in [7, 11) is 1.43. The number of nitrogens with zero attached hydrogens (tertiary/aromatic N) is 1. The van der Waals surface area contributed by atoms with E-state index in [4.69, 9.17) is 9.47 Å². The number of rotatable bonds is 5. The van der Waals surface area contributed by atoms with E-state index < -0.39 is 0 Å². The standard InChI is InChI=1S/C27H29NO3/c1-6-28(7-2)19-12-13-22-25(16-19)31-24-15-18(4)17(3)14-23(24)26(22)20-10-8-9-11-21(20)27(29)30-5/h8-16,26H,6-7H2,1-5H3. The Kier molecular flexibility index (Phi) is 5.73. The Labute approximate surface area is 184 Å². The summed E-state index contributed by atoms with van der Waals surface area (Å²) < 4.78 is 11.5. The number of hydrogen-bond acceptors (Lipinski definition) is 4. The van der Waals surface area contributed by atoms with E-state index in [9.17, 15) is 4.79 Å². The van der Waals surface area contributed by atoms with Gasteiger partial charge in [0.1, 0.15) is 11.5 Å². The fourth-order valence-corrected chi connectivity index (χ4v) is 4.43. The summed E-state index contributed by atoms with van der Waals surface area (Å²) >= 11 is 0. The van der Waals surface area contributed by atoms with Crippen LogP contribution in [0.3, 0.4) is 0 Å². The summed E-state index contributed by atoms with van der Waals surface area (Å²) in [5.41, 5.74) is 7.16.